The number of aryl methyl sites for hydroxylation is 3. The standard InChI is InChI=1S/C18H20N4O2S/c1-5-14(22-12(4)9-11(3)19-18(22)24)16(23)21-17-20-13-7-6-10(2)8-15(13)25-17/h6-9,14H,5H2,1-4H3,(H,20,21,23). The molecule has 130 valence electrons. The Hall–Kier alpha value is -2.54. The molecule has 0 aliphatic heterocycles. The van der Waals surface area contributed by atoms with Gasteiger partial charge in [-0.2, -0.15) is 4.98 Å². The van der Waals surface area contributed by atoms with Crippen molar-refractivity contribution >= 4 is 32.6 Å². The molecule has 0 saturated carbocycles. The molecule has 1 aromatic carbocycles. The number of anilines is 1. The van der Waals surface area contributed by atoms with Crippen molar-refractivity contribution in [3.63, 3.8) is 0 Å². The fourth-order valence-electron chi connectivity index (χ4n) is 2.90. The van der Waals surface area contributed by atoms with Crippen LogP contribution in [0.3, 0.4) is 0 Å². The molecule has 3 rings (SSSR count). The van der Waals surface area contributed by atoms with Crippen LogP contribution >= 0.6 is 11.3 Å². The summed E-state index contributed by atoms with van der Waals surface area (Å²) in [6.07, 6.45) is 0.487. The number of rotatable bonds is 4. The van der Waals surface area contributed by atoms with Gasteiger partial charge in [0.1, 0.15) is 6.04 Å². The molecular weight excluding hydrogens is 336 g/mol. The van der Waals surface area contributed by atoms with Crippen molar-refractivity contribution in [1.82, 2.24) is 14.5 Å². The van der Waals surface area contributed by atoms with E-state index >= 15 is 0 Å². The zero-order chi connectivity index (χ0) is 18.1. The van der Waals surface area contributed by atoms with E-state index in [1.54, 1.807) is 13.0 Å². The van der Waals surface area contributed by atoms with Crippen LogP contribution in [0.1, 0.15) is 36.3 Å². The van der Waals surface area contributed by atoms with Crippen LogP contribution in [0.5, 0.6) is 0 Å². The van der Waals surface area contributed by atoms with Crippen LogP contribution in [0.4, 0.5) is 5.13 Å². The fraction of sp³-hybridized carbons (Fsp3) is 0.333. The largest absolute Gasteiger partial charge is 0.348 e. The first kappa shape index (κ1) is 17.3. The van der Waals surface area contributed by atoms with Crippen molar-refractivity contribution in [3.05, 3.63) is 51.7 Å². The Kier molecular flexibility index (Phi) is 4.67. The lowest BCUT2D eigenvalue weighted by atomic mass is 10.2. The maximum absolute atomic E-state index is 12.7. The second-order valence-corrected chi connectivity index (χ2v) is 7.13. The van der Waals surface area contributed by atoms with Gasteiger partial charge in [-0.3, -0.25) is 9.36 Å². The molecule has 0 bridgehead atoms. The number of nitrogens with one attached hydrogen (secondary N) is 1. The van der Waals surface area contributed by atoms with E-state index in [2.05, 4.69) is 15.3 Å². The minimum atomic E-state index is -0.616. The van der Waals surface area contributed by atoms with E-state index < -0.39 is 11.7 Å². The first-order chi connectivity index (χ1) is 11.9. The first-order valence-corrected chi connectivity index (χ1v) is 8.95. The normalized spacial score (nSPS) is 12.3. The Morgan fingerprint density at radius 2 is 2.00 bits per heavy atom. The van der Waals surface area contributed by atoms with Gasteiger partial charge in [-0.05, 0) is 51.0 Å². The van der Waals surface area contributed by atoms with Crippen molar-refractivity contribution < 1.29 is 4.79 Å². The van der Waals surface area contributed by atoms with Gasteiger partial charge in [-0.15, -0.1) is 0 Å². The van der Waals surface area contributed by atoms with E-state index in [0.717, 1.165) is 21.5 Å². The lowest BCUT2D eigenvalue weighted by molar-refractivity contribution is -0.119. The van der Waals surface area contributed by atoms with Crippen LogP contribution < -0.4 is 11.0 Å². The van der Waals surface area contributed by atoms with Crippen LogP contribution in [0.15, 0.2) is 29.1 Å². The van der Waals surface area contributed by atoms with Crippen LogP contribution in [-0.4, -0.2) is 20.4 Å². The number of aromatic nitrogens is 3. The first-order valence-electron chi connectivity index (χ1n) is 8.14. The van der Waals surface area contributed by atoms with Crippen LogP contribution in [0.25, 0.3) is 10.2 Å². The minimum absolute atomic E-state index is 0.255. The fourth-order valence-corrected chi connectivity index (χ4v) is 3.87. The van der Waals surface area contributed by atoms with Gasteiger partial charge in [-0.25, -0.2) is 9.78 Å². The summed E-state index contributed by atoms with van der Waals surface area (Å²) in [5.41, 5.74) is 2.96. The molecule has 1 unspecified atom stereocenters. The van der Waals surface area contributed by atoms with E-state index in [1.165, 1.54) is 15.9 Å². The van der Waals surface area contributed by atoms with E-state index in [9.17, 15) is 9.59 Å². The number of carbonyl (C=O) groups excluding carboxylic acids is 1. The summed E-state index contributed by atoms with van der Waals surface area (Å²) in [5.74, 6) is -0.255. The van der Waals surface area contributed by atoms with Crippen molar-refractivity contribution in [3.8, 4) is 0 Å². The topological polar surface area (TPSA) is 76.9 Å². The summed E-state index contributed by atoms with van der Waals surface area (Å²) in [6.45, 7) is 7.47. The molecule has 0 aliphatic carbocycles. The number of carbonyl (C=O) groups is 1. The summed E-state index contributed by atoms with van der Waals surface area (Å²) < 4.78 is 2.47. The highest BCUT2D eigenvalue weighted by molar-refractivity contribution is 7.22. The zero-order valence-electron chi connectivity index (χ0n) is 14.7. The van der Waals surface area contributed by atoms with Crippen molar-refractivity contribution in [1.29, 1.82) is 0 Å². The zero-order valence-corrected chi connectivity index (χ0v) is 15.5. The summed E-state index contributed by atoms with van der Waals surface area (Å²) in [4.78, 5) is 33.4. The lowest BCUT2D eigenvalue weighted by Crippen LogP contribution is -2.36. The molecule has 1 amide bonds. The number of hydrogen-bond acceptors (Lipinski definition) is 5. The molecular formula is C18H20N4O2S. The monoisotopic (exact) mass is 356 g/mol. The Labute approximate surface area is 149 Å². The van der Waals surface area contributed by atoms with E-state index in [4.69, 9.17) is 0 Å². The van der Waals surface area contributed by atoms with Gasteiger partial charge in [0, 0.05) is 11.4 Å². The van der Waals surface area contributed by atoms with Crippen molar-refractivity contribution in [2.75, 3.05) is 5.32 Å². The molecule has 0 radical (unpaired) electrons. The molecule has 7 heteroatoms. The maximum Gasteiger partial charge on any atom is 0.348 e. The average molecular weight is 356 g/mol. The predicted molar refractivity (Wildman–Crippen MR) is 100 cm³/mol. The van der Waals surface area contributed by atoms with Crippen LogP contribution in [0.2, 0.25) is 0 Å². The molecule has 2 heterocycles. The predicted octanol–water partition coefficient (Wildman–Crippen LogP) is 3.37. The lowest BCUT2D eigenvalue weighted by Gasteiger charge is -2.19. The molecule has 1 N–H and O–H groups in total. The van der Waals surface area contributed by atoms with E-state index in [0.29, 0.717) is 17.2 Å². The van der Waals surface area contributed by atoms with Gasteiger partial charge in [0.05, 0.1) is 10.2 Å². The van der Waals surface area contributed by atoms with Crippen LogP contribution in [-0.2, 0) is 4.79 Å². The number of fused-ring (bicyclic) bond motifs is 1. The van der Waals surface area contributed by atoms with Gasteiger partial charge in [0.15, 0.2) is 5.13 Å². The highest BCUT2D eigenvalue weighted by atomic mass is 32.1. The molecule has 6 nitrogen and oxygen atoms in total. The van der Waals surface area contributed by atoms with Gasteiger partial charge < -0.3 is 5.32 Å². The number of benzene rings is 1. The Morgan fingerprint density at radius 3 is 2.68 bits per heavy atom. The van der Waals surface area contributed by atoms with Gasteiger partial charge in [0.2, 0.25) is 5.91 Å². The molecule has 25 heavy (non-hydrogen) atoms. The SMILES string of the molecule is CCC(C(=O)Nc1nc2ccc(C)cc2s1)n1c(C)cc(C)nc1=O. The molecule has 1 atom stereocenters. The number of nitrogens with zero attached hydrogens (tertiary/aromatic N) is 3. The average Bonchev–Trinajstić information content (AvgIpc) is 2.91. The summed E-state index contributed by atoms with van der Waals surface area (Å²) >= 11 is 1.43. The number of hydrogen-bond donors (Lipinski definition) is 1. The highest BCUT2D eigenvalue weighted by Crippen LogP contribution is 2.27. The van der Waals surface area contributed by atoms with Crippen LogP contribution in [0, 0.1) is 20.8 Å². The third-order valence-corrected chi connectivity index (χ3v) is 4.98. The second kappa shape index (κ2) is 6.76. The quantitative estimate of drug-likeness (QED) is 0.777. The molecule has 2 aromatic heterocycles. The molecule has 0 saturated heterocycles. The molecule has 0 aliphatic rings. The summed E-state index contributed by atoms with van der Waals surface area (Å²) in [5, 5.41) is 3.39. The Bertz CT molecular complexity index is 1010. The van der Waals surface area contributed by atoms with E-state index in [-0.39, 0.29) is 5.91 Å². The molecule has 0 spiro atoms. The number of amides is 1. The molecule has 0 fully saturated rings. The third kappa shape index (κ3) is 3.46. The van der Waals surface area contributed by atoms with Gasteiger partial charge in [0.25, 0.3) is 0 Å². The Morgan fingerprint density at radius 1 is 1.24 bits per heavy atom. The summed E-state index contributed by atoms with van der Waals surface area (Å²) in [7, 11) is 0. The van der Waals surface area contributed by atoms with E-state index in [1.807, 2.05) is 39.0 Å². The minimum Gasteiger partial charge on any atom is -0.300 e. The highest BCUT2D eigenvalue weighted by Gasteiger charge is 2.23. The van der Waals surface area contributed by atoms with Gasteiger partial charge >= 0.3 is 5.69 Å². The number of thiazole rings is 1. The van der Waals surface area contributed by atoms with Crippen molar-refractivity contribution in [2.45, 2.75) is 40.2 Å². The maximum atomic E-state index is 12.7. The summed E-state index contributed by atoms with van der Waals surface area (Å²) in [6, 6.07) is 7.15. The molecule has 3 aromatic rings. The van der Waals surface area contributed by atoms with Crippen molar-refractivity contribution in [2.24, 2.45) is 0 Å². The van der Waals surface area contributed by atoms with Gasteiger partial charge in [-0.1, -0.05) is 24.3 Å². The second-order valence-electron chi connectivity index (χ2n) is 6.09. The third-order valence-electron chi connectivity index (χ3n) is 4.05. The smallest absolute Gasteiger partial charge is 0.300 e. The Balaban J connectivity index is 1.91.